The van der Waals surface area contributed by atoms with Gasteiger partial charge in [0.05, 0.1) is 24.1 Å². The van der Waals surface area contributed by atoms with E-state index in [9.17, 15) is 18.0 Å². The number of nitrogens with one attached hydrogen (secondary N) is 2. The molecule has 0 saturated heterocycles. The van der Waals surface area contributed by atoms with Crippen LogP contribution in [0, 0.1) is 12.3 Å². The van der Waals surface area contributed by atoms with E-state index < -0.39 is 28.5 Å². The first-order valence-electron chi connectivity index (χ1n) is 8.00. The molecule has 2 N–H and O–H groups in total. The zero-order valence-corrected chi connectivity index (χ0v) is 15.8. The van der Waals surface area contributed by atoms with Crippen LogP contribution in [0.25, 0.3) is 0 Å². The van der Waals surface area contributed by atoms with Gasteiger partial charge in [-0.15, -0.1) is 6.42 Å². The van der Waals surface area contributed by atoms with Gasteiger partial charge in [-0.2, -0.15) is 0 Å². The van der Waals surface area contributed by atoms with Gasteiger partial charge in [0.25, 0.3) is 15.9 Å². The van der Waals surface area contributed by atoms with E-state index in [1.54, 1.807) is 24.3 Å². The predicted molar refractivity (Wildman–Crippen MR) is 102 cm³/mol. The van der Waals surface area contributed by atoms with Crippen molar-refractivity contribution < 1.29 is 27.5 Å². The Labute approximate surface area is 162 Å². The SMILES string of the molecule is C#CCNC(=O)COC(=O)c1cccc(S(=O)(=O)Nc2ccc(OC)cc2)c1. The fourth-order valence-corrected chi connectivity index (χ4v) is 3.18. The van der Waals surface area contributed by atoms with E-state index >= 15 is 0 Å². The summed E-state index contributed by atoms with van der Waals surface area (Å²) in [6.07, 6.45) is 5.01. The first-order valence-corrected chi connectivity index (χ1v) is 9.48. The van der Waals surface area contributed by atoms with Crippen molar-refractivity contribution in [2.75, 3.05) is 25.0 Å². The van der Waals surface area contributed by atoms with Gasteiger partial charge in [0.1, 0.15) is 5.75 Å². The van der Waals surface area contributed by atoms with E-state index in [1.165, 1.54) is 25.3 Å². The molecule has 0 saturated carbocycles. The average molecular weight is 402 g/mol. The molecule has 9 heteroatoms. The highest BCUT2D eigenvalue weighted by Crippen LogP contribution is 2.20. The Bertz CT molecular complexity index is 994. The minimum absolute atomic E-state index is 0.0117. The molecule has 146 valence electrons. The van der Waals surface area contributed by atoms with Gasteiger partial charge in [-0.3, -0.25) is 9.52 Å². The van der Waals surface area contributed by atoms with Crippen molar-refractivity contribution in [2.45, 2.75) is 4.90 Å². The van der Waals surface area contributed by atoms with Crippen LogP contribution in [0.1, 0.15) is 10.4 Å². The first kappa shape index (κ1) is 20.8. The molecule has 28 heavy (non-hydrogen) atoms. The van der Waals surface area contributed by atoms with Crippen LogP contribution in [0.2, 0.25) is 0 Å². The van der Waals surface area contributed by atoms with Gasteiger partial charge in [0.2, 0.25) is 0 Å². The van der Waals surface area contributed by atoms with Crippen molar-refractivity contribution >= 4 is 27.6 Å². The van der Waals surface area contributed by atoms with E-state index in [0.717, 1.165) is 6.07 Å². The number of ether oxygens (including phenoxy) is 2. The minimum Gasteiger partial charge on any atom is -0.497 e. The van der Waals surface area contributed by atoms with Gasteiger partial charge in [-0.25, -0.2) is 13.2 Å². The Morgan fingerprint density at radius 2 is 1.86 bits per heavy atom. The Kier molecular flexibility index (Phi) is 7.01. The number of benzene rings is 2. The number of rotatable bonds is 8. The van der Waals surface area contributed by atoms with E-state index in [0.29, 0.717) is 11.4 Å². The highest BCUT2D eigenvalue weighted by Gasteiger charge is 2.18. The standard InChI is InChI=1S/C19H18N2O6S/c1-3-11-20-18(22)13-27-19(23)14-5-4-6-17(12-14)28(24,25)21-15-7-9-16(26-2)10-8-15/h1,4-10,12,21H,11,13H2,2H3,(H,20,22). The van der Waals surface area contributed by atoms with Crippen LogP contribution >= 0.6 is 0 Å². The largest absolute Gasteiger partial charge is 0.497 e. The Morgan fingerprint density at radius 3 is 2.50 bits per heavy atom. The van der Waals surface area contributed by atoms with Crippen molar-refractivity contribution in [3.8, 4) is 18.1 Å². The van der Waals surface area contributed by atoms with Gasteiger partial charge in [-0.1, -0.05) is 12.0 Å². The molecule has 0 fully saturated rings. The normalized spacial score (nSPS) is 10.4. The monoisotopic (exact) mass is 402 g/mol. The highest BCUT2D eigenvalue weighted by molar-refractivity contribution is 7.92. The fraction of sp³-hybridized carbons (Fsp3) is 0.158. The fourth-order valence-electron chi connectivity index (χ4n) is 2.08. The summed E-state index contributed by atoms with van der Waals surface area (Å²) in [5.41, 5.74) is 0.321. The Hall–Kier alpha value is -3.51. The lowest BCUT2D eigenvalue weighted by atomic mass is 10.2. The number of amides is 1. The first-order chi connectivity index (χ1) is 13.4. The lowest BCUT2D eigenvalue weighted by Gasteiger charge is -2.10. The number of hydrogen-bond acceptors (Lipinski definition) is 6. The molecular formula is C19H18N2O6S. The molecule has 0 aliphatic rings. The number of esters is 1. The number of methoxy groups -OCH3 is 1. The molecule has 0 aromatic heterocycles. The summed E-state index contributed by atoms with van der Waals surface area (Å²) in [6, 6.07) is 11.6. The summed E-state index contributed by atoms with van der Waals surface area (Å²) < 4.78 is 37.4. The number of terminal acetylenes is 1. The van der Waals surface area contributed by atoms with Crippen LogP contribution in [0.5, 0.6) is 5.75 Å². The molecule has 1 amide bonds. The van der Waals surface area contributed by atoms with Crippen LogP contribution in [0.15, 0.2) is 53.4 Å². The van der Waals surface area contributed by atoms with E-state index in [2.05, 4.69) is 16.0 Å². The molecule has 2 aromatic carbocycles. The minimum atomic E-state index is -3.93. The number of hydrogen-bond donors (Lipinski definition) is 2. The maximum Gasteiger partial charge on any atom is 0.338 e. The Morgan fingerprint density at radius 1 is 1.14 bits per heavy atom. The molecule has 0 spiro atoms. The topological polar surface area (TPSA) is 111 Å². The molecule has 0 aliphatic carbocycles. The lowest BCUT2D eigenvalue weighted by molar-refractivity contribution is -0.123. The average Bonchev–Trinajstić information content (AvgIpc) is 2.70. The highest BCUT2D eigenvalue weighted by atomic mass is 32.2. The molecule has 0 atom stereocenters. The molecule has 2 rings (SSSR count). The summed E-state index contributed by atoms with van der Waals surface area (Å²) in [5, 5.41) is 2.34. The number of carbonyl (C=O) groups excluding carboxylic acids is 2. The van der Waals surface area contributed by atoms with Crippen LogP contribution < -0.4 is 14.8 Å². The van der Waals surface area contributed by atoms with E-state index in [1.807, 2.05) is 0 Å². The van der Waals surface area contributed by atoms with Crippen LogP contribution in [0.3, 0.4) is 0 Å². The van der Waals surface area contributed by atoms with Gasteiger partial charge < -0.3 is 14.8 Å². The molecule has 0 unspecified atom stereocenters. The quantitative estimate of drug-likeness (QED) is 0.510. The predicted octanol–water partition coefficient (Wildman–Crippen LogP) is 1.40. The number of sulfonamides is 1. The zero-order valence-electron chi connectivity index (χ0n) is 15.0. The number of carbonyl (C=O) groups is 2. The van der Waals surface area contributed by atoms with Crippen LogP contribution in [0.4, 0.5) is 5.69 Å². The molecular weight excluding hydrogens is 384 g/mol. The maximum absolute atomic E-state index is 12.5. The molecule has 0 bridgehead atoms. The summed E-state index contributed by atoms with van der Waals surface area (Å²) in [4.78, 5) is 23.3. The second-order valence-corrected chi connectivity index (χ2v) is 7.10. The molecule has 0 radical (unpaired) electrons. The van der Waals surface area contributed by atoms with Crippen molar-refractivity contribution in [1.82, 2.24) is 5.32 Å². The molecule has 0 aliphatic heterocycles. The van der Waals surface area contributed by atoms with Gasteiger partial charge in [-0.05, 0) is 42.5 Å². The van der Waals surface area contributed by atoms with Gasteiger partial charge in [0, 0.05) is 5.69 Å². The molecule has 2 aromatic rings. The van der Waals surface area contributed by atoms with Crippen molar-refractivity contribution in [2.24, 2.45) is 0 Å². The van der Waals surface area contributed by atoms with Gasteiger partial charge >= 0.3 is 5.97 Å². The van der Waals surface area contributed by atoms with Crippen LogP contribution in [-0.4, -0.2) is 40.6 Å². The summed E-state index contributed by atoms with van der Waals surface area (Å²) in [7, 11) is -2.43. The maximum atomic E-state index is 12.5. The third-order valence-corrected chi connectivity index (χ3v) is 4.82. The summed E-state index contributed by atoms with van der Waals surface area (Å²) in [5.74, 6) is 1.40. The lowest BCUT2D eigenvalue weighted by Crippen LogP contribution is -2.29. The Balaban J connectivity index is 2.08. The third kappa shape index (κ3) is 5.75. The van der Waals surface area contributed by atoms with Crippen LogP contribution in [-0.2, 0) is 19.6 Å². The summed E-state index contributed by atoms with van der Waals surface area (Å²) >= 11 is 0. The van der Waals surface area contributed by atoms with Crippen molar-refractivity contribution in [3.63, 3.8) is 0 Å². The van der Waals surface area contributed by atoms with Crippen molar-refractivity contribution in [3.05, 3.63) is 54.1 Å². The van der Waals surface area contributed by atoms with Gasteiger partial charge in [0.15, 0.2) is 6.61 Å². The summed E-state index contributed by atoms with van der Waals surface area (Å²) in [6.45, 7) is -0.511. The second kappa shape index (κ2) is 9.43. The smallest absolute Gasteiger partial charge is 0.338 e. The van der Waals surface area contributed by atoms with E-state index in [-0.39, 0.29) is 17.0 Å². The third-order valence-electron chi connectivity index (χ3n) is 3.44. The number of anilines is 1. The van der Waals surface area contributed by atoms with E-state index in [4.69, 9.17) is 15.9 Å². The van der Waals surface area contributed by atoms with Crippen molar-refractivity contribution in [1.29, 1.82) is 0 Å². The molecule has 8 nitrogen and oxygen atoms in total. The molecule has 0 heterocycles. The second-order valence-electron chi connectivity index (χ2n) is 5.42. The zero-order chi connectivity index (χ0) is 20.6.